The topological polar surface area (TPSA) is 0 Å². The zero-order chi connectivity index (χ0) is 9.70. The van der Waals surface area contributed by atoms with Crippen molar-refractivity contribution in [1.82, 2.24) is 0 Å². The van der Waals surface area contributed by atoms with Gasteiger partial charge >= 0.3 is 0 Å². The summed E-state index contributed by atoms with van der Waals surface area (Å²) in [5.41, 5.74) is 0. The Morgan fingerprint density at radius 3 is 1.64 bits per heavy atom. The second-order valence-electron chi connectivity index (χ2n) is 1.79. The average molecular weight is 182 g/mol. The molecule has 0 aromatic heterocycles. The molecule has 0 aromatic carbocycles. The van der Waals surface area contributed by atoms with E-state index in [4.69, 9.17) is 0 Å². The van der Waals surface area contributed by atoms with E-state index in [2.05, 4.69) is 9.24 Å². The first-order valence-corrected chi connectivity index (χ1v) is 5.68. The maximum absolute atomic E-state index is 12.1. The van der Waals surface area contributed by atoms with E-state index in [1.165, 1.54) is 0 Å². The minimum atomic E-state index is -0.551. The molecular weight excluding hydrogens is 158 g/mol. The van der Waals surface area contributed by atoms with Gasteiger partial charge in [0.25, 0.3) is 0 Å². The van der Waals surface area contributed by atoms with Gasteiger partial charge in [0, 0.05) is 0 Å². The van der Waals surface area contributed by atoms with E-state index in [0.29, 0.717) is 6.42 Å². The van der Waals surface area contributed by atoms with Crippen molar-refractivity contribution in [2.75, 3.05) is 6.66 Å². The highest BCUT2D eigenvalue weighted by Gasteiger charge is 1.97. The molecule has 72 valence electrons. The van der Waals surface area contributed by atoms with E-state index >= 15 is 0 Å². The van der Waals surface area contributed by atoms with Crippen LogP contribution in [0.3, 0.4) is 0 Å². The fourth-order valence-corrected chi connectivity index (χ4v) is 0.517. The number of hydrogen-bond acceptors (Lipinski definition) is 0. The summed E-state index contributed by atoms with van der Waals surface area (Å²) in [7, 11) is 2.42. The fraction of sp³-hybridized carbons (Fsp3) is 1.00. The van der Waals surface area contributed by atoms with Crippen LogP contribution >= 0.6 is 9.24 Å². The molecule has 0 fully saturated rings. The summed E-state index contributed by atoms with van der Waals surface area (Å²) in [5.74, 6) is 0. The van der Waals surface area contributed by atoms with E-state index in [1.54, 1.807) is 0 Å². The van der Waals surface area contributed by atoms with E-state index < -0.39 is 6.17 Å². The molecule has 0 saturated carbocycles. The zero-order valence-electron chi connectivity index (χ0n) is 8.65. The van der Waals surface area contributed by atoms with Gasteiger partial charge in [0.2, 0.25) is 0 Å². The minimum absolute atomic E-state index is 0.551. The summed E-state index contributed by atoms with van der Waals surface area (Å²) < 4.78 is 12.1. The first kappa shape index (κ1) is 17.4. The maximum atomic E-state index is 12.1. The van der Waals surface area contributed by atoms with Gasteiger partial charge in [0.1, 0.15) is 0 Å². The van der Waals surface area contributed by atoms with Crippen LogP contribution in [0.15, 0.2) is 0 Å². The lowest BCUT2D eigenvalue weighted by Crippen LogP contribution is -1.94. The van der Waals surface area contributed by atoms with Gasteiger partial charge in [-0.1, -0.05) is 40.8 Å². The molecule has 2 unspecified atom stereocenters. The van der Waals surface area contributed by atoms with Gasteiger partial charge in [-0.05, 0) is 12.8 Å². The van der Waals surface area contributed by atoms with Crippen LogP contribution < -0.4 is 0 Å². The van der Waals surface area contributed by atoms with Crippen molar-refractivity contribution in [3.63, 3.8) is 0 Å². The lowest BCUT2D eigenvalue weighted by atomic mass is 10.2. The second-order valence-corrected chi connectivity index (χ2v) is 1.79. The fourth-order valence-electron chi connectivity index (χ4n) is 0.517. The highest BCUT2D eigenvalue weighted by atomic mass is 31.0. The standard InChI is InChI=1S/C6H13F.C2H6.CH5P/c1-3-5-6(7)4-2;2*1-2/h6H,3-5H2,1-2H3;1-2H3;2H2,1H3. The Hall–Kier alpha value is 0.360. The Labute approximate surface area is 74.2 Å². The van der Waals surface area contributed by atoms with E-state index in [0.717, 1.165) is 12.8 Å². The molecule has 0 rings (SSSR count). The molecule has 0 saturated heterocycles. The minimum Gasteiger partial charge on any atom is -0.248 e. The number of rotatable bonds is 3. The van der Waals surface area contributed by atoms with Crippen molar-refractivity contribution in [1.29, 1.82) is 0 Å². The third-order valence-electron chi connectivity index (χ3n) is 1.04. The quantitative estimate of drug-likeness (QED) is 0.577. The number of alkyl halides is 1. The molecule has 0 aliphatic heterocycles. The third-order valence-corrected chi connectivity index (χ3v) is 1.04. The molecule has 0 radical (unpaired) electrons. The molecule has 0 amide bonds. The SMILES string of the molecule is CC.CCCC(F)CC.CP. The van der Waals surface area contributed by atoms with Gasteiger partial charge in [-0.25, -0.2) is 4.39 Å². The van der Waals surface area contributed by atoms with Gasteiger partial charge < -0.3 is 0 Å². The normalized spacial score (nSPS) is 10.1. The molecule has 0 N–H and O–H groups in total. The molecule has 0 aliphatic rings. The van der Waals surface area contributed by atoms with Crippen LogP contribution in [0.4, 0.5) is 4.39 Å². The predicted molar refractivity (Wildman–Crippen MR) is 57.1 cm³/mol. The van der Waals surface area contributed by atoms with Crippen molar-refractivity contribution < 1.29 is 4.39 Å². The summed E-state index contributed by atoms with van der Waals surface area (Å²) in [5, 5.41) is 0. The van der Waals surface area contributed by atoms with Crippen molar-refractivity contribution in [3.8, 4) is 0 Å². The zero-order valence-corrected chi connectivity index (χ0v) is 9.81. The summed E-state index contributed by atoms with van der Waals surface area (Å²) in [6.07, 6.45) is 1.82. The maximum Gasteiger partial charge on any atom is 0.0998 e. The molecule has 0 aliphatic carbocycles. The molecule has 0 nitrogen and oxygen atoms in total. The summed E-state index contributed by atoms with van der Waals surface area (Å²) in [6.45, 7) is 9.79. The molecule has 0 bridgehead atoms. The third kappa shape index (κ3) is 25.2. The van der Waals surface area contributed by atoms with Crippen molar-refractivity contribution in [3.05, 3.63) is 0 Å². The molecule has 0 spiro atoms. The Bertz CT molecular complexity index is 40.5. The molecule has 11 heavy (non-hydrogen) atoms. The van der Waals surface area contributed by atoms with Crippen LogP contribution in [-0.4, -0.2) is 12.8 Å². The van der Waals surface area contributed by atoms with Crippen molar-refractivity contribution >= 4 is 9.24 Å². The van der Waals surface area contributed by atoms with E-state index in [9.17, 15) is 4.39 Å². The second kappa shape index (κ2) is 22.4. The molecule has 0 aromatic rings. The van der Waals surface area contributed by atoms with Crippen molar-refractivity contribution in [2.24, 2.45) is 0 Å². The summed E-state index contributed by atoms with van der Waals surface area (Å²) >= 11 is 0. The van der Waals surface area contributed by atoms with Gasteiger partial charge in [0.15, 0.2) is 0 Å². The Morgan fingerprint density at radius 1 is 1.18 bits per heavy atom. The van der Waals surface area contributed by atoms with Crippen LogP contribution in [0.25, 0.3) is 0 Å². The van der Waals surface area contributed by atoms with Crippen LogP contribution in [0.1, 0.15) is 47.0 Å². The average Bonchev–Trinajstić information content (AvgIpc) is 2.12. The lowest BCUT2D eigenvalue weighted by Gasteiger charge is -1.98. The Balaban J connectivity index is -0.000000138. The largest absolute Gasteiger partial charge is 0.248 e. The van der Waals surface area contributed by atoms with Gasteiger partial charge in [-0.15, -0.1) is 9.24 Å². The van der Waals surface area contributed by atoms with Crippen LogP contribution in [-0.2, 0) is 0 Å². The lowest BCUT2D eigenvalue weighted by molar-refractivity contribution is 0.303. The smallest absolute Gasteiger partial charge is 0.0998 e. The van der Waals surface area contributed by atoms with Gasteiger partial charge in [-0.3, -0.25) is 0 Å². The number of hydrogen-bond donors (Lipinski definition) is 0. The molecular formula is C9H24FP. The first-order valence-electron chi connectivity index (χ1n) is 4.53. The molecule has 2 heteroatoms. The summed E-state index contributed by atoms with van der Waals surface area (Å²) in [4.78, 5) is 0. The first-order chi connectivity index (χ1) is 5.31. The van der Waals surface area contributed by atoms with Crippen LogP contribution in [0.2, 0.25) is 0 Å². The highest BCUT2D eigenvalue weighted by molar-refractivity contribution is 7.15. The molecule has 2 atom stereocenters. The van der Waals surface area contributed by atoms with Gasteiger partial charge in [0.05, 0.1) is 6.17 Å². The number of halogens is 1. The highest BCUT2D eigenvalue weighted by Crippen LogP contribution is 2.03. The van der Waals surface area contributed by atoms with E-state index in [1.807, 2.05) is 34.4 Å². The van der Waals surface area contributed by atoms with Crippen LogP contribution in [0, 0.1) is 0 Å². The Kier molecular flexibility index (Phi) is 35.6. The Morgan fingerprint density at radius 2 is 1.55 bits per heavy atom. The summed E-state index contributed by atoms with van der Waals surface area (Å²) in [6, 6.07) is 0. The van der Waals surface area contributed by atoms with Crippen molar-refractivity contribution in [2.45, 2.75) is 53.1 Å². The monoisotopic (exact) mass is 182 g/mol. The van der Waals surface area contributed by atoms with E-state index in [-0.39, 0.29) is 0 Å². The van der Waals surface area contributed by atoms with Crippen LogP contribution in [0.5, 0.6) is 0 Å². The molecule has 0 heterocycles. The predicted octanol–water partition coefficient (Wildman–Crippen LogP) is 4.05. The van der Waals surface area contributed by atoms with Gasteiger partial charge in [-0.2, -0.15) is 0 Å².